The quantitative estimate of drug-likeness (QED) is 0.653. The fourth-order valence-electron chi connectivity index (χ4n) is 4.02. The highest BCUT2D eigenvalue weighted by Crippen LogP contribution is 2.31. The number of halogens is 1. The van der Waals surface area contributed by atoms with Crippen LogP contribution in [0.25, 0.3) is 16.7 Å². The van der Waals surface area contributed by atoms with Gasteiger partial charge in [0.1, 0.15) is 12.1 Å². The van der Waals surface area contributed by atoms with E-state index in [-0.39, 0.29) is 0 Å². The molecule has 0 aliphatic heterocycles. The molecule has 0 bridgehead atoms. The molecule has 0 unspecified atom stereocenters. The number of aryl methyl sites for hydroxylation is 1. The molecular weight excluding hydrogens is 346 g/mol. The summed E-state index contributed by atoms with van der Waals surface area (Å²) < 4.78 is 1.87. The summed E-state index contributed by atoms with van der Waals surface area (Å²) in [7, 11) is 0. The molecule has 1 fully saturated rings. The van der Waals surface area contributed by atoms with Crippen LogP contribution in [0.15, 0.2) is 30.7 Å². The number of rotatable bonds is 4. The van der Waals surface area contributed by atoms with Crippen LogP contribution in [-0.2, 0) is 0 Å². The normalized spacial score (nSPS) is 15.5. The molecule has 5 nitrogen and oxygen atoms in total. The van der Waals surface area contributed by atoms with Crippen molar-refractivity contribution in [3.05, 3.63) is 41.3 Å². The van der Waals surface area contributed by atoms with Crippen molar-refractivity contribution in [1.82, 2.24) is 19.7 Å². The fraction of sp³-hybridized carbons (Fsp3) is 0.450. The largest absolute Gasteiger partial charge is 0.353 e. The molecule has 0 N–H and O–H groups in total. The Labute approximate surface area is 159 Å². The van der Waals surface area contributed by atoms with Gasteiger partial charge in [-0.15, -0.1) is 0 Å². The molecule has 0 amide bonds. The molecule has 136 valence electrons. The molecule has 0 spiro atoms. The Bertz CT molecular complexity index is 914. The average molecular weight is 370 g/mol. The van der Waals surface area contributed by atoms with E-state index in [9.17, 15) is 0 Å². The summed E-state index contributed by atoms with van der Waals surface area (Å²) in [4.78, 5) is 11.6. The average Bonchev–Trinajstić information content (AvgIpc) is 3.10. The lowest BCUT2D eigenvalue weighted by Crippen LogP contribution is -2.37. The van der Waals surface area contributed by atoms with E-state index in [4.69, 9.17) is 11.6 Å². The van der Waals surface area contributed by atoms with Gasteiger partial charge in [-0.2, -0.15) is 5.10 Å². The number of nitrogens with zero attached hydrogens (tertiary/aromatic N) is 5. The Kier molecular flexibility index (Phi) is 4.81. The molecule has 4 rings (SSSR count). The minimum atomic E-state index is 0.558. The zero-order chi connectivity index (χ0) is 18.1. The monoisotopic (exact) mass is 369 g/mol. The van der Waals surface area contributed by atoms with Crippen molar-refractivity contribution >= 4 is 28.5 Å². The Hall–Kier alpha value is -2.14. The van der Waals surface area contributed by atoms with E-state index in [2.05, 4.69) is 33.8 Å². The summed E-state index contributed by atoms with van der Waals surface area (Å²) in [5.41, 5.74) is 2.90. The van der Waals surface area contributed by atoms with E-state index in [1.807, 2.05) is 29.1 Å². The van der Waals surface area contributed by atoms with Gasteiger partial charge in [-0.1, -0.05) is 36.9 Å². The predicted octanol–water partition coefficient (Wildman–Crippen LogP) is 4.94. The molecule has 1 aliphatic rings. The van der Waals surface area contributed by atoms with Crippen LogP contribution >= 0.6 is 11.6 Å². The standard InChI is InChI=1S/C20H24ClN5/c1-3-25(16-7-5-4-6-8-16)19-17-12-24-26(20(17)23-13-22-19)18-11-15(21)10-9-14(18)2/h9-13,16H,3-8H2,1-2H3. The lowest BCUT2D eigenvalue weighted by Gasteiger charge is -2.34. The second-order valence-corrected chi connectivity index (χ2v) is 7.44. The highest BCUT2D eigenvalue weighted by Gasteiger charge is 2.24. The van der Waals surface area contributed by atoms with Gasteiger partial charge in [0.2, 0.25) is 0 Å². The lowest BCUT2D eigenvalue weighted by molar-refractivity contribution is 0.417. The van der Waals surface area contributed by atoms with Crippen molar-refractivity contribution in [3.63, 3.8) is 0 Å². The topological polar surface area (TPSA) is 46.8 Å². The van der Waals surface area contributed by atoms with E-state index >= 15 is 0 Å². The Morgan fingerprint density at radius 1 is 1.19 bits per heavy atom. The van der Waals surface area contributed by atoms with Gasteiger partial charge < -0.3 is 4.90 Å². The summed E-state index contributed by atoms with van der Waals surface area (Å²) >= 11 is 6.21. The molecule has 1 aromatic carbocycles. The van der Waals surface area contributed by atoms with Gasteiger partial charge in [0.05, 0.1) is 17.3 Å². The highest BCUT2D eigenvalue weighted by molar-refractivity contribution is 6.30. The van der Waals surface area contributed by atoms with Crippen LogP contribution in [-0.4, -0.2) is 32.3 Å². The third kappa shape index (κ3) is 3.05. The van der Waals surface area contributed by atoms with Crippen LogP contribution in [0.5, 0.6) is 0 Å². The molecule has 3 aromatic rings. The van der Waals surface area contributed by atoms with Gasteiger partial charge in [0.25, 0.3) is 0 Å². The van der Waals surface area contributed by atoms with Crippen molar-refractivity contribution in [2.75, 3.05) is 11.4 Å². The molecule has 0 saturated heterocycles. The van der Waals surface area contributed by atoms with Crippen LogP contribution in [0, 0.1) is 6.92 Å². The SMILES string of the molecule is CCN(c1ncnc2c1cnn2-c1cc(Cl)ccc1C)C1CCCCC1. The predicted molar refractivity (Wildman–Crippen MR) is 106 cm³/mol. The third-order valence-corrected chi connectivity index (χ3v) is 5.61. The molecule has 0 radical (unpaired) electrons. The second kappa shape index (κ2) is 7.23. The summed E-state index contributed by atoms with van der Waals surface area (Å²) in [6.45, 7) is 5.20. The number of anilines is 1. The van der Waals surface area contributed by atoms with Crippen molar-refractivity contribution in [1.29, 1.82) is 0 Å². The zero-order valence-corrected chi connectivity index (χ0v) is 16.1. The maximum atomic E-state index is 6.21. The van der Waals surface area contributed by atoms with Crippen LogP contribution in [0.4, 0.5) is 5.82 Å². The van der Waals surface area contributed by atoms with Crippen LogP contribution in [0.2, 0.25) is 5.02 Å². The van der Waals surface area contributed by atoms with Gasteiger partial charge in [-0.3, -0.25) is 0 Å². The summed E-state index contributed by atoms with van der Waals surface area (Å²) in [6, 6.07) is 6.40. The van der Waals surface area contributed by atoms with Gasteiger partial charge >= 0.3 is 0 Å². The van der Waals surface area contributed by atoms with Crippen molar-refractivity contribution in [2.45, 2.75) is 52.0 Å². The number of hydrogen-bond donors (Lipinski definition) is 0. The first-order chi connectivity index (χ1) is 12.7. The maximum absolute atomic E-state index is 6.21. The number of aromatic nitrogens is 4. The van der Waals surface area contributed by atoms with Crippen LogP contribution < -0.4 is 4.90 Å². The molecular formula is C20H24ClN5. The minimum Gasteiger partial charge on any atom is -0.353 e. The smallest absolute Gasteiger partial charge is 0.168 e. The first kappa shape index (κ1) is 17.3. The van der Waals surface area contributed by atoms with Crippen LogP contribution in [0.1, 0.15) is 44.6 Å². The first-order valence-electron chi connectivity index (χ1n) is 9.41. The van der Waals surface area contributed by atoms with Gasteiger partial charge in [-0.05, 0) is 44.4 Å². The summed E-state index contributed by atoms with van der Waals surface area (Å²) in [5, 5.41) is 6.31. The van der Waals surface area contributed by atoms with E-state index in [0.717, 1.165) is 34.6 Å². The summed E-state index contributed by atoms with van der Waals surface area (Å²) in [6.07, 6.45) is 9.96. The maximum Gasteiger partial charge on any atom is 0.168 e. The number of hydrogen-bond acceptors (Lipinski definition) is 4. The Morgan fingerprint density at radius 3 is 2.77 bits per heavy atom. The van der Waals surface area contributed by atoms with E-state index in [1.54, 1.807) is 6.33 Å². The van der Waals surface area contributed by atoms with Gasteiger partial charge in [0, 0.05) is 17.6 Å². The second-order valence-electron chi connectivity index (χ2n) is 7.00. The van der Waals surface area contributed by atoms with E-state index in [1.165, 1.54) is 32.1 Å². The molecule has 2 aromatic heterocycles. The van der Waals surface area contributed by atoms with Crippen molar-refractivity contribution < 1.29 is 0 Å². The Balaban J connectivity index is 1.81. The van der Waals surface area contributed by atoms with E-state index < -0.39 is 0 Å². The van der Waals surface area contributed by atoms with Gasteiger partial charge in [-0.25, -0.2) is 14.6 Å². The van der Waals surface area contributed by atoms with Gasteiger partial charge in [0.15, 0.2) is 5.65 Å². The number of fused-ring (bicyclic) bond motifs is 1. The molecule has 2 heterocycles. The molecule has 6 heteroatoms. The minimum absolute atomic E-state index is 0.558. The van der Waals surface area contributed by atoms with Crippen LogP contribution in [0.3, 0.4) is 0 Å². The molecule has 1 aliphatic carbocycles. The fourth-order valence-corrected chi connectivity index (χ4v) is 4.19. The highest BCUT2D eigenvalue weighted by atomic mass is 35.5. The first-order valence-corrected chi connectivity index (χ1v) is 9.78. The zero-order valence-electron chi connectivity index (χ0n) is 15.3. The van der Waals surface area contributed by atoms with Crippen molar-refractivity contribution in [3.8, 4) is 5.69 Å². The third-order valence-electron chi connectivity index (χ3n) is 5.37. The molecule has 0 atom stereocenters. The number of benzene rings is 1. The Morgan fingerprint density at radius 2 is 2.00 bits per heavy atom. The molecule has 1 saturated carbocycles. The molecule has 26 heavy (non-hydrogen) atoms. The summed E-state index contributed by atoms with van der Waals surface area (Å²) in [5.74, 6) is 0.996. The van der Waals surface area contributed by atoms with E-state index in [0.29, 0.717) is 11.1 Å². The lowest BCUT2D eigenvalue weighted by atomic mass is 9.94. The van der Waals surface area contributed by atoms with Crippen molar-refractivity contribution in [2.24, 2.45) is 0 Å².